The number of hydrogen-bond acceptors (Lipinski definition) is 3. The van der Waals surface area contributed by atoms with Crippen molar-refractivity contribution >= 4 is 0 Å². The van der Waals surface area contributed by atoms with Gasteiger partial charge in [0.05, 0.1) is 5.69 Å². The molecule has 1 saturated heterocycles. The number of likely N-dealkylation sites (tertiary alicyclic amines) is 1. The fourth-order valence-corrected chi connectivity index (χ4v) is 2.59. The second-order valence-electron chi connectivity index (χ2n) is 5.32. The number of aromatic nitrogens is 3. The zero-order valence-electron chi connectivity index (χ0n) is 11.4. The molecule has 3 heterocycles. The van der Waals surface area contributed by atoms with E-state index in [0.29, 0.717) is 0 Å². The molecule has 0 bridgehead atoms. The average Bonchev–Trinajstić information content (AvgIpc) is 2.87. The quantitative estimate of drug-likeness (QED) is 0.918. The molecule has 0 aliphatic carbocycles. The number of aromatic amines is 1. The minimum atomic E-state index is 0.919. The lowest BCUT2D eigenvalue weighted by Gasteiger charge is -2.26. The molecule has 1 aliphatic heterocycles. The minimum Gasteiger partial charge on any atom is -0.299 e. The van der Waals surface area contributed by atoms with Crippen molar-refractivity contribution in [2.45, 2.75) is 32.7 Å². The van der Waals surface area contributed by atoms with Crippen molar-refractivity contribution < 1.29 is 0 Å². The summed E-state index contributed by atoms with van der Waals surface area (Å²) >= 11 is 0. The molecule has 0 saturated carbocycles. The largest absolute Gasteiger partial charge is 0.299 e. The Bertz CT molecular complexity index is 523. The normalized spacial score (nSPS) is 16.7. The van der Waals surface area contributed by atoms with Gasteiger partial charge in [0, 0.05) is 18.4 Å². The molecule has 1 N–H and O–H groups in total. The van der Waals surface area contributed by atoms with Crippen molar-refractivity contribution in [3.8, 4) is 11.4 Å². The minimum absolute atomic E-state index is 0.919. The van der Waals surface area contributed by atoms with E-state index in [0.717, 1.165) is 23.6 Å². The molecule has 4 heteroatoms. The van der Waals surface area contributed by atoms with E-state index in [9.17, 15) is 0 Å². The predicted octanol–water partition coefficient (Wildman–Crippen LogP) is 2.77. The van der Waals surface area contributed by atoms with Crippen molar-refractivity contribution in [2.75, 3.05) is 13.1 Å². The van der Waals surface area contributed by atoms with E-state index in [4.69, 9.17) is 0 Å². The topological polar surface area (TPSA) is 44.8 Å². The maximum atomic E-state index is 4.52. The highest BCUT2D eigenvalue weighted by molar-refractivity contribution is 5.54. The first kappa shape index (κ1) is 12.4. The van der Waals surface area contributed by atoms with E-state index >= 15 is 0 Å². The van der Waals surface area contributed by atoms with Gasteiger partial charge in [-0.15, -0.1) is 0 Å². The summed E-state index contributed by atoms with van der Waals surface area (Å²) in [6.07, 6.45) is 6.02. The third-order valence-corrected chi connectivity index (χ3v) is 3.65. The van der Waals surface area contributed by atoms with Crippen molar-refractivity contribution in [3.63, 3.8) is 0 Å². The molecule has 4 nitrogen and oxygen atoms in total. The summed E-state index contributed by atoms with van der Waals surface area (Å²) in [5, 5.41) is 7.18. The molecule has 1 aliphatic rings. The molecule has 1 fully saturated rings. The van der Waals surface area contributed by atoms with E-state index in [1.165, 1.54) is 37.9 Å². The number of nitrogens with zero attached hydrogens (tertiary/aromatic N) is 3. The summed E-state index contributed by atoms with van der Waals surface area (Å²) in [4.78, 5) is 7.03. The number of hydrogen-bond donors (Lipinski definition) is 1. The summed E-state index contributed by atoms with van der Waals surface area (Å²) in [5.41, 5.74) is 4.21. The van der Waals surface area contributed by atoms with Crippen LogP contribution in [0.4, 0.5) is 0 Å². The van der Waals surface area contributed by atoms with Gasteiger partial charge in [-0.1, -0.05) is 12.5 Å². The monoisotopic (exact) mass is 256 g/mol. The maximum Gasteiger partial charge on any atom is 0.111 e. The smallest absolute Gasteiger partial charge is 0.111 e. The molecule has 100 valence electrons. The third-order valence-electron chi connectivity index (χ3n) is 3.65. The maximum absolute atomic E-state index is 4.52. The number of pyridine rings is 1. The molecule has 2 aromatic rings. The second-order valence-corrected chi connectivity index (χ2v) is 5.32. The van der Waals surface area contributed by atoms with Crippen molar-refractivity contribution in [1.82, 2.24) is 20.1 Å². The van der Waals surface area contributed by atoms with Gasteiger partial charge < -0.3 is 0 Å². The molecule has 3 rings (SSSR count). The van der Waals surface area contributed by atoms with Crippen LogP contribution in [0, 0.1) is 6.92 Å². The Balaban J connectivity index is 1.68. The van der Waals surface area contributed by atoms with Crippen LogP contribution in [0.1, 0.15) is 30.5 Å². The summed E-state index contributed by atoms with van der Waals surface area (Å²) in [6.45, 7) is 5.47. The van der Waals surface area contributed by atoms with E-state index in [-0.39, 0.29) is 0 Å². The predicted molar refractivity (Wildman–Crippen MR) is 75.7 cm³/mol. The molecule has 0 amide bonds. The van der Waals surface area contributed by atoms with E-state index < -0.39 is 0 Å². The van der Waals surface area contributed by atoms with Gasteiger partial charge in [-0.2, -0.15) is 5.10 Å². The molecule has 0 radical (unpaired) electrons. The van der Waals surface area contributed by atoms with Gasteiger partial charge in [0.25, 0.3) is 0 Å². The van der Waals surface area contributed by atoms with Gasteiger partial charge in [0.2, 0.25) is 0 Å². The van der Waals surface area contributed by atoms with Crippen LogP contribution in [-0.2, 0) is 6.54 Å². The van der Waals surface area contributed by atoms with Crippen LogP contribution in [0.3, 0.4) is 0 Å². The average molecular weight is 256 g/mol. The van der Waals surface area contributed by atoms with Crippen molar-refractivity contribution in [3.05, 3.63) is 35.7 Å². The Morgan fingerprint density at radius 1 is 1.16 bits per heavy atom. The summed E-state index contributed by atoms with van der Waals surface area (Å²) in [7, 11) is 0. The lowest BCUT2D eigenvalue weighted by Crippen LogP contribution is -2.29. The van der Waals surface area contributed by atoms with E-state index in [1.54, 1.807) is 0 Å². The number of aryl methyl sites for hydroxylation is 1. The molecule has 0 spiro atoms. The third kappa shape index (κ3) is 3.01. The molecule has 0 atom stereocenters. The number of H-pyrrole nitrogens is 1. The zero-order valence-corrected chi connectivity index (χ0v) is 11.4. The van der Waals surface area contributed by atoms with Gasteiger partial charge >= 0.3 is 0 Å². The van der Waals surface area contributed by atoms with Crippen LogP contribution in [0.2, 0.25) is 0 Å². The number of nitrogens with one attached hydrogen (secondary N) is 1. The van der Waals surface area contributed by atoms with E-state index in [2.05, 4.69) is 32.2 Å². The number of piperidine rings is 1. The van der Waals surface area contributed by atoms with Crippen LogP contribution in [0.15, 0.2) is 24.4 Å². The first-order valence-electron chi connectivity index (χ1n) is 7.01. The zero-order chi connectivity index (χ0) is 13.1. The molecule has 19 heavy (non-hydrogen) atoms. The lowest BCUT2D eigenvalue weighted by molar-refractivity contribution is 0.220. The highest BCUT2D eigenvalue weighted by Gasteiger charge is 2.11. The fraction of sp³-hybridized carbons (Fsp3) is 0.467. The van der Waals surface area contributed by atoms with Gasteiger partial charge in [-0.05, 0) is 50.6 Å². The molecule has 0 aromatic carbocycles. The van der Waals surface area contributed by atoms with Gasteiger partial charge in [0.1, 0.15) is 5.69 Å². The Morgan fingerprint density at radius 3 is 2.63 bits per heavy atom. The van der Waals surface area contributed by atoms with Crippen LogP contribution in [0.5, 0.6) is 0 Å². The van der Waals surface area contributed by atoms with Crippen LogP contribution >= 0.6 is 0 Å². The summed E-state index contributed by atoms with van der Waals surface area (Å²) < 4.78 is 0. The Kier molecular flexibility index (Phi) is 3.60. The highest BCUT2D eigenvalue weighted by atomic mass is 15.1. The van der Waals surface area contributed by atoms with Crippen LogP contribution in [0.25, 0.3) is 11.4 Å². The molecule has 2 aromatic heterocycles. The fourth-order valence-electron chi connectivity index (χ4n) is 2.59. The molecular formula is C15H20N4. The second kappa shape index (κ2) is 5.53. The Morgan fingerprint density at radius 2 is 2.00 bits per heavy atom. The van der Waals surface area contributed by atoms with Crippen molar-refractivity contribution in [1.29, 1.82) is 0 Å². The van der Waals surface area contributed by atoms with Gasteiger partial charge in [-0.3, -0.25) is 15.0 Å². The highest BCUT2D eigenvalue weighted by Crippen LogP contribution is 2.17. The van der Waals surface area contributed by atoms with Gasteiger partial charge in [-0.25, -0.2) is 0 Å². The first-order valence-corrected chi connectivity index (χ1v) is 7.01. The Hall–Kier alpha value is -1.68. The van der Waals surface area contributed by atoms with E-state index in [1.807, 2.05) is 19.2 Å². The summed E-state index contributed by atoms with van der Waals surface area (Å²) in [6, 6.07) is 6.25. The summed E-state index contributed by atoms with van der Waals surface area (Å²) in [5.74, 6) is 0. The molecular weight excluding hydrogens is 236 g/mol. The lowest BCUT2D eigenvalue weighted by atomic mass is 10.1. The van der Waals surface area contributed by atoms with Gasteiger partial charge in [0.15, 0.2) is 0 Å². The SMILES string of the molecule is Cc1cc(-c2ccc(CN3CCCCC3)cn2)n[nH]1. The van der Waals surface area contributed by atoms with Crippen LogP contribution < -0.4 is 0 Å². The number of rotatable bonds is 3. The first-order chi connectivity index (χ1) is 9.31. The van der Waals surface area contributed by atoms with Crippen molar-refractivity contribution in [2.24, 2.45) is 0 Å². The standard InChI is InChI=1S/C15H20N4/c1-12-9-15(18-17-12)14-6-5-13(10-16-14)11-19-7-3-2-4-8-19/h5-6,9-10H,2-4,7-8,11H2,1H3,(H,17,18). The Labute approximate surface area is 113 Å². The molecule has 0 unspecified atom stereocenters. The van der Waals surface area contributed by atoms with Crippen LogP contribution in [-0.4, -0.2) is 33.2 Å².